The zero-order valence-electron chi connectivity index (χ0n) is 11.5. The molecule has 2 rings (SSSR count). The number of carbonyl (C=O) groups is 1. The third-order valence-electron chi connectivity index (χ3n) is 2.79. The molecule has 2 heterocycles. The minimum Gasteiger partial charge on any atom is -0.481 e. The number of hydrogen-bond donors (Lipinski definition) is 1. The van der Waals surface area contributed by atoms with Crippen LogP contribution in [-0.2, 0) is 31.2 Å². The lowest BCUT2D eigenvalue weighted by molar-refractivity contribution is -0.133. The predicted octanol–water partition coefficient (Wildman–Crippen LogP) is 0.993. The summed E-state index contributed by atoms with van der Waals surface area (Å²) in [6, 6.07) is 0. The molecule has 0 spiro atoms. The number of carboxylic acids is 1. The topological polar surface area (TPSA) is 85.8 Å². The summed E-state index contributed by atoms with van der Waals surface area (Å²) in [5.41, 5.74) is 1.09. The van der Waals surface area contributed by atoms with Crippen LogP contribution < -0.4 is 0 Å². The van der Waals surface area contributed by atoms with Crippen molar-refractivity contribution in [2.45, 2.75) is 31.5 Å². The highest BCUT2D eigenvalue weighted by Gasteiger charge is 2.12. The molecule has 8 heteroatoms. The van der Waals surface area contributed by atoms with Crippen molar-refractivity contribution in [2.75, 3.05) is 5.75 Å². The fourth-order valence-corrected chi connectivity index (χ4v) is 2.61. The number of aliphatic carboxylic acids is 1. The van der Waals surface area contributed by atoms with Gasteiger partial charge in [0.25, 0.3) is 0 Å². The van der Waals surface area contributed by atoms with Gasteiger partial charge in [0, 0.05) is 31.9 Å². The van der Waals surface area contributed by atoms with Crippen LogP contribution in [0.25, 0.3) is 0 Å². The maximum absolute atomic E-state index is 10.7. The molecule has 0 aliphatic rings. The summed E-state index contributed by atoms with van der Waals surface area (Å²) in [7, 11) is 1.83. The highest BCUT2D eigenvalue weighted by atomic mass is 32.2. The fourth-order valence-electron chi connectivity index (χ4n) is 1.87. The first kappa shape index (κ1) is 14.6. The molecule has 0 radical (unpaired) electrons. The Kier molecular flexibility index (Phi) is 4.78. The second kappa shape index (κ2) is 6.56. The third-order valence-corrected chi connectivity index (χ3v) is 3.77. The monoisotopic (exact) mass is 295 g/mol. The minimum absolute atomic E-state index is 0.0159. The zero-order valence-corrected chi connectivity index (χ0v) is 12.3. The Balaban J connectivity index is 2.07. The van der Waals surface area contributed by atoms with Gasteiger partial charge in [-0.05, 0) is 6.42 Å². The Morgan fingerprint density at radius 1 is 1.45 bits per heavy atom. The van der Waals surface area contributed by atoms with E-state index < -0.39 is 5.97 Å². The maximum Gasteiger partial charge on any atom is 0.313 e. The molecule has 20 heavy (non-hydrogen) atoms. The molecule has 0 aliphatic heterocycles. The van der Waals surface area contributed by atoms with Crippen molar-refractivity contribution >= 4 is 17.7 Å². The Morgan fingerprint density at radius 2 is 2.25 bits per heavy atom. The van der Waals surface area contributed by atoms with E-state index in [1.165, 1.54) is 11.8 Å². The van der Waals surface area contributed by atoms with Crippen molar-refractivity contribution in [1.29, 1.82) is 0 Å². The first-order chi connectivity index (χ1) is 9.60. The van der Waals surface area contributed by atoms with E-state index in [0.29, 0.717) is 13.0 Å². The maximum atomic E-state index is 10.7. The highest BCUT2D eigenvalue weighted by Crippen LogP contribution is 2.19. The van der Waals surface area contributed by atoms with Gasteiger partial charge in [0.1, 0.15) is 6.33 Å². The summed E-state index contributed by atoms with van der Waals surface area (Å²) in [5.74, 6) is -0.0476. The molecule has 2 aromatic heterocycles. The van der Waals surface area contributed by atoms with Gasteiger partial charge in [-0.15, -0.1) is 0 Å². The predicted molar refractivity (Wildman–Crippen MR) is 74.7 cm³/mol. The molecule has 0 unspecified atom stereocenters. The van der Waals surface area contributed by atoms with E-state index in [9.17, 15) is 4.79 Å². The lowest BCUT2D eigenvalue weighted by Gasteiger charge is -2.09. The van der Waals surface area contributed by atoms with Crippen molar-refractivity contribution in [1.82, 2.24) is 24.3 Å². The van der Waals surface area contributed by atoms with Crippen LogP contribution in [0, 0.1) is 0 Å². The van der Waals surface area contributed by atoms with Gasteiger partial charge in [0.2, 0.25) is 0 Å². The molecule has 0 saturated heterocycles. The molecular weight excluding hydrogens is 278 g/mol. The molecule has 7 nitrogen and oxygen atoms in total. The van der Waals surface area contributed by atoms with Gasteiger partial charge in [0.15, 0.2) is 11.0 Å². The van der Waals surface area contributed by atoms with Crippen LogP contribution in [0.2, 0.25) is 0 Å². The van der Waals surface area contributed by atoms with E-state index in [2.05, 4.69) is 22.0 Å². The number of carboxylic acid groups (broad SMARTS) is 1. The average molecular weight is 295 g/mol. The molecule has 0 saturated carbocycles. The average Bonchev–Trinajstić information content (AvgIpc) is 2.99. The molecule has 0 atom stereocenters. The summed E-state index contributed by atoms with van der Waals surface area (Å²) < 4.78 is 3.72. The quantitative estimate of drug-likeness (QED) is 0.767. The molecule has 1 N–H and O–H groups in total. The van der Waals surface area contributed by atoms with Gasteiger partial charge in [-0.3, -0.25) is 9.48 Å². The van der Waals surface area contributed by atoms with E-state index in [1.807, 2.05) is 11.6 Å². The van der Waals surface area contributed by atoms with Crippen LogP contribution in [0.15, 0.2) is 17.7 Å². The molecule has 0 amide bonds. The molecule has 0 aliphatic carbocycles. The summed E-state index contributed by atoms with van der Waals surface area (Å²) in [4.78, 5) is 19.1. The lowest BCUT2D eigenvalue weighted by atomic mass is 10.3. The van der Waals surface area contributed by atoms with Crippen LogP contribution in [-0.4, -0.2) is 41.1 Å². The van der Waals surface area contributed by atoms with Crippen LogP contribution in [0.4, 0.5) is 0 Å². The number of aromatic nitrogens is 5. The van der Waals surface area contributed by atoms with E-state index in [4.69, 9.17) is 5.11 Å². The second-order valence-electron chi connectivity index (χ2n) is 4.30. The summed E-state index contributed by atoms with van der Waals surface area (Å²) in [5, 5.41) is 13.7. The molecule has 0 aromatic carbocycles. The fraction of sp³-hybridized carbons (Fsp3) is 0.500. The first-order valence-electron chi connectivity index (χ1n) is 6.33. The van der Waals surface area contributed by atoms with Gasteiger partial charge in [0.05, 0.1) is 5.75 Å². The molecule has 2 aromatic rings. The van der Waals surface area contributed by atoms with Gasteiger partial charge in [-0.2, -0.15) is 5.10 Å². The Morgan fingerprint density at radius 3 is 2.85 bits per heavy atom. The summed E-state index contributed by atoms with van der Waals surface area (Å²) in [6.07, 6.45) is 5.03. The van der Waals surface area contributed by atoms with Crippen LogP contribution >= 0.6 is 11.8 Å². The standard InChI is InChI=1S/C12H17N5O2S/c1-3-9-6-13-12(20-7-11(18)19)17(9)5-4-10-14-8-16(2)15-10/h6,8H,3-5,7H2,1-2H3,(H,18,19). The van der Waals surface area contributed by atoms with Gasteiger partial charge in [-0.25, -0.2) is 9.97 Å². The van der Waals surface area contributed by atoms with Crippen LogP contribution in [0.5, 0.6) is 0 Å². The first-order valence-corrected chi connectivity index (χ1v) is 7.32. The van der Waals surface area contributed by atoms with Crippen LogP contribution in [0.3, 0.4) is 0 Å². The normalized spacial score (nSPS) is 10.9. The van der Waals surface area contributed by atoms with Crippen LogP contribution in [0.1, 0.15) is 18.4 Å². The van der Waals surface area contributed by atoms with E-state index in [0.717, 1.165) is 23.1 Å². The number of hydrogen-bond acceptors (Lipinski definition) is 5. The van der Waals surface area contributed by atoms with Gasteiger partial charge >= 0.3 is 5.97 Å². The molecule has 108 valence electrons. The highest BCUT2D eigenvalue weighted by molar-refractivity contribution is 7.99. The van der Waals surface area contributed by atoms with Crippen molar-refractivity contribution in [3.63, 3.8) is 0 Å². The minimum atomic E-state index is -0.839. The number of imidazole rings is 1. The van der Waals surface area contributed by atoms with E-state index in [1.54, 1.807) is 17.2 Å². The van der Waals surface area contributed by atoms with Gasteiger partial charge in [-0.1, -0.05) is 18.7 Å². The Bertz CT molecular complexity index is 592. The third kappa shape index (κ3) is 3.60. The van der Waals surface area contributed by atoms with Crippen molar-refractivity contribution in [2.24, 2.45) is 7.05 Å². The van der Waals surface area contributed by atoms with Crippen molar-refractivity contribution in [3.8, 4) is 0 Å². The molecule has 0 bridgehead atoms. The van der Waals surface area contributed by atoms with E-state index in [-0.39, 0.29) is 5.75 Å². The number of aryl methyl sites for hydroxylation is 3. The number of nitrogens with zero attached hydrogens (tertiary/aromatic N) is 5. The van der Waals surface area contributed by atoms with Crippen molar-refractivity contribution < 1.29 is 9.90 Å². The zero-order chi connectivity index (χ0) is 14.5. The van der Waals surface area contributed by atoms with Crippen molar-refractivity contribution in [3.05, 3.63) is 24.0 Å². The van der Waals surface area contributed by atoms with E-state index >= 15 is 0 Å². The lowest BCUT2D eigenvalue weighted by Crippen LogP contribution is -2.09. The largest absolute Gasteiger partial charge is 0.481 e. The SMILES string of the molecule is CCc1cnc(SCC(=O)O)n1CCc1ncn(C)n1. The number of thioether (sulfide) groups is 1. The Hall–Kier alpha value is -1.83. The summed E-state index contributed by atoms with van der Waals surface area (Å²) in [6.45, 7) is 2.76. The van der Waals surface area contributed by atoms with Gasteiger partial charge < -0.3 is 9.67 Å². The smallest absolute Gasteiger partial charge is 0.313 e. The Labute approximate surface area is 121 Å². The molecular formula is C12H17N5O2S. The summed E-state index contributed by atoms with van der Waals surface area (Å²) >= 11 is 1.24. The number of rotatable bonds is 7. The molecule has 0 fully saturated rings. The second-order valence-corrected chi connectivity index (χ2v) is 5.25.